The number of anilines is 1. The molecular formula is C27H37N3O5. The molecule has 2 heterocycles. The number of carbonyl (C=O) groups excluding carboxylic acids is 1. The Bertz CT molecular complexity index is 952. The third-order valence-corrected chi connectivity index (χ3v) is 7.03. The van der Waals surface area contributed by atoms with Gasteiger partial charge in [-0.3, -0.25) is 4.90 Å². The molecule has 2 aromatic carbocycles. The molecule has 0 saturated carbocycles. The Kier molecular flexibility index (Phi) is 8.75. The highest BCUT2D eigenvalue weighted by Crippen LogP contribution is 2.42. The maximum atomic E-state index is 11.8. The summed E-state index contributed by atoms with van der Waals surface area (Å²) in [6.45, 7) is 6.43. The van der Waals surface area contributed by atoms with Crippen LogP contribution in [0.4, 0.5) is 10.5 Å². The number of ether oxygens (including phenoxy) is 2. The standard InChI is InChI=1S/C27H37N3O5/c1-3-28-27(33)29-22-12-10-21(11-13-22)26-34-24(15-30-14-4-5-23(30)17-32)18(2)25(35-26)20-8-6-19(16-31)7-9-20/h6-13,18,23-26,31-32H,3-5,14-17H2,1-2H3,(H2,28,29,33)/t18-,23-,24+,25+,26+/m0/s1. The number of hydrogen-bond donors (Lipinski definition) is 4. The van der Waals surface area contributed by atoms with Crippen LogP contribution < -0.4 is 10.6 Å². The Labute approximate surface area is 207 Å². The van der Waals surface area contributed by atoms with Gasteiger partial charge in [0.15, 0.2) is 6.29 Å². The van der Waals surface area contributed by atoms with Crippen LogP contribution in [0.2, 0.25) is 0 Å². The first kappa shape index (κ1) is 25.6. The van der Waals surface area contributed by atoms with E-state index in [1.165, 1.54) is 0 Å². The van der Waals surface area contributed by atoms with Gasteiger partial charge in [0.2, 0.25) is 0 Å². The minimum absolute atomic E-state index is 0.00386. The van der Waals surface area contributed by atoms with Gasteiger partial charge in [-0.1, -0.05) is 43.3 Å². The summed E-state index contributed by atoms with van der Waals surface area (Å²) in [6.07, 6.45) is 1.25. The van der Waals surface area contributed by atoms with Gasteiger partial charge in [0.25, 0.3) is 0 Å². The second-order valence-corrected chi connectivity index (χ2v) is 9.40. The number of rotatable bonds is 8. The van der Waals surface area contributed by atoms with Crippen LogP contribution in [-0.2, 0) is 16.1 Å². The van der Waals surface area contributed by atoms with Crippen molar-refractivity contribution in [3.05, 3.63) is 65.2 Å². The molecule has 190 valence electrons. The molecule has 0 aromatic heterocycles. The Hall–Kier alpha value is -2.49. The molecule has 0 spiro atoms. The normalized spacial score (nSPS) is 27.0. The van der Waals surface area contributed by atoms with Gasteiger partial charge in [-0.15, -0.1) is 0 Å². The smallest absolute Gasteiger partial charge is 0.319 e. The predicted molar refractivity (Wildman–Crippen MR) is 134 cm³/mol. The fourth-order valence-electron chi connectivity index (χ4n) is 4.96. The van der Waals surface area contributed by atoms with E-state index in [1.54, 1.807) is 0 Å². The summed E-state index contributed by atoms with van der Waals surface area (Å²) >= 11 is 0. The summed E-state index contributed by atoms with van der Waals surface area (Å²) in [5, 5.41) is 24.8. The number of nitrogens with one attached hydrogen (secondary N) is 2. The van der Waals surface area contributed by atoms with Crippen molar-refractivity contribution in [1.82, 2.24) is 10.2 Å². The van der Waals surface area contributed by atoms with Gasteiger partial charge < -0.3 is 30.3 Å². The van der Waals surface area contributed by atoms with Gasteiger partial charge >= 0.3 is 6.03 Å². The lowest BCUT2D eigenvalue weighted by molar-refractivity contribution is -0.276. The van der Waals surface area contributed by atoms with E-state index in [4.69, 9.17) is 9.47 Å². The Morgan fingerprint density at radius 3 is 2.43 bits per heavy atom. The van der Waals surface area contributed by atoms with E-state index >= 15 is 0 Å². The van der Waals surface area contributed by atoms with E-state index in [0.29, 0.717) is 12.2 Å². The Morgan fingerprint density at radius 2 is 1.77 bits per heavy atom. The van der Waals surface area contributed by atoms with E-state index in [1.807, 2.05) is 55.5 Å². The van der Waals surface area contributed by atoms with Crippen LogP contribution in [0.15, 0.2) is 48.5 Å². The molecule has 8 heteroatoms. The highest BCUT2D eigenvalue weighted by atomic mass is 16.7. The number of carbonyl (C=O) groups is 1. The average molecular weight is 484 g/mol. The van der Waals surface area contributed by atoms with E-state index in [2.05, 4.69) is 22.5 Å². The molecule has 2 aromatic rings. The molecule has 0 radical (unpaired) electrons. The van der Waals surface area contributed by atoms with Gasteiger partial charge in [-0.05, 0) is 49.6 Å². The average Bonchev–Trinajstić information content (AvgIpc) is 3.33. The zero-order valence-electron chi connectivity index (χ0n) is 20.5. The van der Waals surface area contributed by atoms with Crippen molar-refractivity contribution in [2.24, 2.45) is 5.92 Å². The van der Waals surface area contributed by atoms with Gasteiger partial charge in [0.1, 0.15) is 0 Å². The summed E-state index contributed by atoms with van der Waals surface area (Å²) in [4.78, 5) is 14.2. The van der Waals surface area contributed by atoms with Gasteiger partial charge in [0.05, 0.1) is 25.4 Å². The molecule has 35 heavy (non-hydrogen) atoms. The van der Waals surface area contributed by atoms with Crippen molar-refractivity contribution in [2.75, 3.05) is 31.6 Å². The topological polar surface area (TPSA) is 103 Å². The lowest BCUT2D eigenvalue weighted by Gasteiger charge is -2.43. The third-order valence-electron chi connectivity index (χ3n) is 7.03. The molecule has 4 rings (SSSR count). The second-order valence-electron chi connectivity index (χ2n) is 9.40. The second kappa shape index (κ2) is 12.0. The van der Waals surface area contributed by atoms with Gasteiger partial charge in [-0.2, -0.15) is 0 Å². The summed E-state index contributed by atoms with van der Waals surface area (Å²) in [6, 6.07) is 15.3. The highest BCUT2D eigenvalue weighted by molar-refractivity contribution is 5.89. The molecule has 5 atom stereocenters. The zero-order chi connectivity index (χ0) is 24.8. The van der Waals surface area contributed by atoms with Crippen molar-refractivity contribution in [1.29, 1.82) is 0 Å². The maximum absolute atomic E-state index is 11.8. The van der Waals surface area contributed by atoms with E-state index < -0.39 is 6.29 Å². The first-order chi connectivity index (χ1) is 17.0. The Balaban J connectivity index is 1.55. The molecule has 0 aliphatic carbocycles. The van der Waals surface area contributed by atoms with Crippen molar-refractivity contribution >= 4 is 11.7 Å². The number of likely N-dealkylation sites (tertiary alicyclic amines) is 1. The molecule has 2 fully saturated rings. The number of benzene rings is 2. The first-order valence-corrected chi connectivity index (χ1v) is 12.5. The number of aliphatic hydroxyl groups is 2. The van der Waals surface area contributed by atoms with Crippen LogP contribution in [0.5, 0.6) is 0 Å². The minimum Gasteiger partial charge on any atom is -0.395 e. The monoisotopic (exact) mass is 483 g/mol. The molecular weight excluding hydrogens is 446 g/mol. The van der Waals surface area contributed by atoms with E-state index in [0.717, 1.165) is 42.6 Å². The highest BCUT2D eigenvalue weighted by Gasteiger charge is 2.40. The molecule has 0 bridgehead atoms. The number of aliphatic hydroxyl groups excluding tert-OH is 2. The summed E-state index contributed by atoms with van der Waals surface area (Å²) in [7, 11) is 0. The third kappa shape index (κ3) is 6.20. The number of urea groups is 1. The first-order valence-electron chi connectivity index (χ1n) is 12.5. The largest absolute Gasteiger partial charge is 0.395 e. The summed E-state index contributed by atoms with van der Waals surface area (Å²) < 4.78 is 13.0. The molecule has 2 aliphatic heterocycles. The van der Waals surface area contributed by atoms with Crippen molar-refractivity contribution in [3.63, 3.8) is 0 Å². The number of amides is 2. The van der Waals surface area contributed by atoms with Crippen LogP contribution >= 0.6 is 0 Å². The summed E-state index contributed by atoms with van der Waals surface area (Å²) in [5.74, 6) is 0.0878. The molecule has 4 N–H and O–H groups in total. The van der Waals surface area contributed by atoms with E-state index in [-0.39, 0.29) is 43.4 Å². The van der Waals surface area contributed by atoms with Gasteiger partial charge in [0, 0.05) is 36.3 Å². The van der Waals surface area contributed by atoms with Crippen molar-refractivity contribution in [3.8, 4) is 0 Å². The molecule has 8 nitrogen and oxygen atoms in total. The lowest BCUT2D eigenvalue weighted by Crippen LogP contribution is -2.46. The quantitative estimate of drug-likeness (QED) is 0.458. The van der Waals surface area contributed by atoms with Gasteiger partial charge in [-0.25, -0.2) is 4.79 Å². The fourth-order valence-corrected chi connectivity index (χ4v) is 4.96. The van der Waals surface area contributed by atoms with Crippen LogP contribution in [0.3, 0.4) is 0 Å². The molecule has 2 amide bonds. The molecule has 2 aliphatic rings. The SMILES string of the molecule is CCNC(=O)Nc1ccc([C@@H]2O[C@H](CN3CCC[C@H]3CO)[C@H](C)[C@H](c3ccc(CO)cc3)O2)cc1. The van der Waals surface area contributed by atoms with E-state index in [9.17, 15) is 15.0 Å². The van der Waals surface area contributed by atoms with Crippen LogP contribution in [0.1, 0.15) is 55.8 Å². The van der Waals surface area contributed by atoms with Crippen LogP contribution in [-0.4, -0.2) is 59.5 Å². The molecule has 2 saturated heterocycles. The van der Waals surface area contributed by atoms with Crippen molar-refractivity contribution < 1.29 is 24.5 Å². The molecule has 0 unspecified atom stereocenters. The number of nitrogens with zero attached hydrogens (tertiary/aromatic N) is 1. The van der Waals surface area contributed by atoms with Crippen molar-refractivity contribution in [2.45, 2.75) is 57.8 Å². The Morgan fingerprint density at radius 1 is 1.06 bits per heavy atom. The maximum Gasteiger partial charge on any atom is 0.319 e. The van der Waals surface area contributed by atoms with Crippen LogP contribution in [0, 0.1) is 5.92 Å². The minimum atomic E-state index is -0.563. The zero-order valence-corrected chi connectivity index (χ0v) is 20.5. The van der Waals surface area contributed by atoms with Crippen LogP contribution in [0.25, 0.3) is 0 Å². The predicted octanol–water partition coefficient (Wildman–Crippen LogP) is 3.57. The fraction of sp³-hybridized carbons (Fsp3) is 0.519. The lowest BCUT2D eigenvalue weighted by atomic mass is 9.90. The summed E-state index contributed by atoms with van der Waals surface area (Å²) in [5.41, 5.74) is 3.47. The number of hydrogen-bond acceptors (Lipinski definition) is 6.